The fourth-order valence-corrected chi connectivity index (χ4v) is 3.32. The first-order valence-electron chi connectivity index (χ1n) is 6.95. The Morgan fingerprint density at radius 3 is 1.94 bits per heavy atom. The number of aryl methyl sites for hydroxylation is 2. The molecule has 0 heterocycles. The molecular weight excluding hydrogens is 220 g/mol. The fourth-order valence-electron chi connectivity index (χ4n) is 3.32. The van der Waals surface area contributed by atoms with Crippen molar-refractivity contribution in [2.45, 2.75) is 58.8 Å². The average Bonchev–Trinajstić information content (AvgIpc) is 2.88. The van der Waals surface area contributed by atoms with E-state index in [0.717, 1.165) is 6.42 Å². The van der Waals surface area contributed by atoms with Gasteiger partial charge < -0.3 is 5.11 Å². The van der Waals surface area contributed by atoms with Crippen LogP contribution >= 0.6 is 0 Å². The summed E-state index contributed by atoms with van der Waals surface area (Å²) in [5, 5.41) is 9.76. The van der Waals surface area contributed by atoms with Gasteiger partial charge >= 0.3 is 0 Å². The highest BCUT2D eigenvalue weighted by Gasteiger charge is 2.53. The van der Waals surface area contributed by atoms with Crippen molar-refractivity contribution in [3.63, 3.8) is 0 Å². The Balaban J connectivity index is 2.53. The maximum absolute atomic E-state index is 9.76. The van der Waals surface area contributed by atoms with Crippen molar-refractivity contribution in [1.82, 2.24) is 0 Å². The van der Waals surface area contributed by atoms with Crippen LogP contribution in [0.15, 0.2) is 12.1 Å². The lowest BCUT2D eigenvalue weighted by Gasteiger charge is -2.25. The Bertz CT molecular complexity index is 440. The number of benzene rings is 1. The molecule has 0 radical (unpaired) electrons. The zero-order chi connectivity index (χ0) is 13.7. The highest BCUT2D eigenvalue weighted by atomic mass is 16.3. The van der Waals surface area contributed by atoms with Crippen molar-refractivity contribution >= 4 is 0 Å². The standard InChI is InChI=1S/C17H26O/c1-11-7-14(16(4,5)6)8-12(2)15(11)17(10-18)9-13(17)3/h7-8,13,18H,9-10H2,1-6H3. The highest BCUT2D eigenvalue weighted by molar-refractivity contribution is 5.48. The van der Waals surface area contributed by atoms with Gasteiger partial charge in [0.15, 0.2) is 0 Å². The van der Waals surface area contributed by atoms with Gasteiger partial charge in [0.2, 0.25) is 0 Å². The second-order valence-corrected chi connectivity index (χ2v) is 7.15. The quantitative estimate of drug-likeness (QED) is 0.840. The van der Waals surface area contributed by atoms with Crippen LogP contribution in [0.3, 0.4) is 0 Å². The van der Waals surface area contributed by atoms with Crippen LogP contribution in [0.25, 0.3) is 0 Å². The van der Waals surface area contributed by atoms with Crippen molar-refractivity contribution in [1.29, 1.82) is 0 Å². The number of hydrogen-bond donors (Lipinski definition) is 1. The number of rotatable bonds is 2. The molecule has 1 aromatic carbocycles. The van der Waals surface area contributed by atoms with Crippen LogP contribution in [0.5, 0.6) is 0 Å². The third-order valence-corrected chi connectivity index (χ3v) is 4.63. The molecule has 0 aliphatic heterocycles. The van der Waals surface area contributed by atoms with E-state index in [9.17, 15) is 5.11 Å². The third-order valence-electron chi connectivity index (χ3n) is 4.63. The largest absolute Gasteiger partial charge is 0.395 e. The molecule has 1 heteroatoms. The minimum atomic E-state index is 0.0462. The molecule has 1 fully saturated rings. The van der Waals surface area contributed by atoms with E-state index in [1.165, 1.54) is 22.3 Å². The van der Waals surface area contributed by atoms with Crippen molar-refractivity contribution in [2.75, 3.05) is 6.61 Å². The van der Waals surface area contributed by atoms with Gasteiger partial charge in [0.25, 0.3) is 0 Å². The topological polar surface area (TPSA) is 20.2 Å². The van der Waals surface area contributed by atoms with Gasteiger partial charge in [-0.15, -0.1) is 0 Å². The molecule has 0 saturated heterocycles. The highest BCUT2D eigenvalue weighted by Crippen LogP contribution is 2.55. The van der Waals surface area contributed by atoms with E-state index >= 15 is 0 Å². The lowest BCUT2D eigenvalue weighted by Crippen LogP contribution is -2.20. The first kappa shape index (κ1) is 13.6. The van der Waals surface area contributed by atoms with Gasteiger partial charge in [0.1, 0.15) is 0 Å². The normalized spacial score (nSPS) is 27.4. The van der Waals surface area contributed by atoms with Crippen molar-refractivity contribution in [3.05, 3.63) is 34.4 Å². The SMILES string of the molecule is Cc1cc(C(C)(C)C)cc(C)c1C1(CO)CC1C. The summed E-state index contributed by atoms with van der Waals surface area (Å²) in [5.41, 5.74) is 5.71. The van der Waals surface area contributed by atoms with Crippen molar-refractivity contribution in [2.24, 2.45) is 5.92 Å². The first-order valence-corrected chi connectivity index (χ1v) is 6.95. The van der Waals surface area contributed by atoms with Gasteiger partial charge in [-0.2, -0.15) is 0 Å². The van der Waals surface area contributed by atoms with Crippen LogP contribution in [0.1, 0.15) is 56.4 Å². The van der Waals surface area contributed by atoms with Crippen LogP contribution in [0.4, 0.5) is 0 Å². The molecule has 1 N–H and O–H groups in total. The summed E-state index contributed by atoms with van der Waals surface area (Å²) in [6.07, 6.45) is 1.13. The van der Waals surface area contributed by atoms with Crippen LogP contribution in [0.2, 0.25) is 0 Å². The Labute approximate surface area is 111 Å². The molecule has 0 bridgehead atoms. The summed E-state index contributed by atoms with van der Waals surface area (Å²) in [4.78, 5) is 0. The van der Waals surface area contributed by atoms with Crippen LogP contribution in [0, 0.1) is 19.8 Å². The molecule has 18 heavy (non-hydrogen) atoms. The van der Waals surface area contributed by atoms with Gasteiger partial charge in [-0.05, 0) is 53.9 Å². The minimum Gasteiger partial charge on any atom is -0.395 e. The van der Waals surface area contributed by atoms with E-state index in [2.05, 4.69) is 53.7 Å². The second-order valence-electron chi connectivity index (χ2n) is 7.15. The molecule has 0 aromatic heterocycles. The van der Waals surface area contributed by atoms with Crippen LogP contribution in [-0.4, -0.2) is 11.7 Å². The molecule has 2 rings (SSSR count). The summed E-state index contributed by atoms with van der Waals surface area (Å²) in [6.45, 7) is 13.7. The minimum absolute atomic E-state index is 0.0462. The van der Waals surface area contributed by atoms with Gasteiger partial charge in [0, 0.05) is 5.41 Å². The van der Waals surface area contributed by atoms with E-state index in [1.54, 1.807) is 0 Å². The molecule has 2 atom stereocenters. The first-order chi connectivity index (χ1) is 8.22. The summed E-state index contributed by atoms with van der Waals surface area (Å²) in [5.74, 6) is 0.611. The van der Waals surface area contributed by atoms with Gasteiger partial charge in [-0.25, -0.2) is 0 Å². The van der Waals surface area contributed by atoms with Crippen LogP contribution in [-0.2, 0) is 10.8 Å². The molecular formula is C17H26O. The summed E-state index contributed by atoms with van der Waals surface area (Å²) in [6, 6.07) is 4.62. The lowest BCUT2D eigenvalue weighted by molar-refractivity contribution is 0.246. The zero-order valence-electron chi connectivity index (χ0n) is 12.6. The molecule has 2 unspecified atom stereocenters. The Morgan fingerprint density at radius 2 is 1.67 bits per heavy atom. The molecule has 1 aliphatic carbocycles. The molecule has 1 saturated carbocycles. The predicted molar refractivity (Wildman–Crippen MR) is 77.2 cm³/mol. The molecule has 1 aromatic rings. The zero-order valence-corrected chi connectivity index (χ0v) is 12.6. The van der Waals surface area contributed by atoms with E-state index in [1.807, 2.05) is 0 Å². The third kappa shape index (κ3) is 1.99. The van der Waals surface area contributed by atoms with Crippen LogP contribution < -0.4 is 0 Å². The summed E-state index contributed by atoms with van der Waals surface area (Å²) in [7, 11) is 0. The lowest BCUT2D eigenvalue weighted by atomic mass is 9.80. The van der Waals surface area contributed by atoms with E-state index in [4.69, 9.17) is 0 Å². The summed E-state index contributed by atoms with van der Waals surface area (Å²) >= 11 is 0. The maximum atomic E-state index is 9.76. The maximum Gasteiger partial charge on any atom is 0.0530 e. The molecule has 0 spiro atoms. The van der Waals surface area contributed by atoms with E-state index in [-0.39, 0.29) is 17.4 Å². The summed E-state index contributed by atoms with van der Waals surface area (Å²) < 4.78 is 0. The number of aliphatic hydroxyl groups excluding tert-OH is 1. The Morgan fingerprint density at radius 1 is 1.22 bits per heavy atom. The van der Waals surface area contributed by atoms with Crippen molar-refractivity contribution < 1.29 is 5.11 Å². The number of aliphatic hydroxyl groups is 1. The van der Waals surface area contributed by atoms with Gasteiger partial charge in [-0.3, -0.25) is 0 Å². The second kappa shape index (κ2) is 4.09. The monoisotopic (exact) mass is 246 g/mol. The van der Waals surface area contributed by atoms with Gasteiger partial charge in [0.05, 0.1) is 6.61 Å². The molecule has 1 aliphatic rings. The molecule has 1 nitrogen and oxygen atoms in total. The average molecular weight is 246 g/mol. The van der Waals surface area contributed by atoms with E-state index in [0.29, 0.717) is 5.92 Å². The fraction of sp³-hybridized carbons (Fsp3) is 0.647. The smallest absolute Gasteiger partial charge is 0.0530 e. The predicted octanol–water partition coefficient (Wildman–Crippen LogP) is 3.87. The molecule has 0 amide bonds. The van der Waals surface area contributed by atoms with Gasteiger partial charge in [-0.1, -0.05) is 39.8 Å². The van der Waals surface area contributed by atoms with Crippen molar-refractivity contribution in [3.8, 4) is 0 Å². The Kier molecular flexibility index (Phi) is 3.09. The molecule has 100 valence electrons. The number of hydrogen-bond acceptors (Lipinski definition) is 1. The van der Waals surface area contributed by atoms with E-state index < -0.39 is 0 Å². The Hall–Kier alpha value is -0.820.